The first-order valence-corrected chi connectivity index (χ1v) is 7.00. The van der Waals surface area contributed by atoms with Gasteiger partial charge in [-0.15, -0.1) is 0 Å². The summed E-state index contributed by atoms with van der Waals surface area (Å²) in [7, 11) is 0. The lowest BCUT2D eigenvalue weighted by atomic mass is 10.4. The largest absolute Gasteiger partial charge is 0.440 e. The van der Waals surface area contributed by atoms with Crippen molar-refractivity contribution in [3.63, 3.8) is 0 Å². The lowest BCUT2D eigenvalue weighted by molar-refractivity contribution is -0.160. The van der Waals surface area contributed by atoms with E-state index in [1.54, 1.807) is 10.6 Å². The summed E-state index contributed by atoms with van der Waals surface area (Å²) in [6.45, 7) is -1.59. The van der Waals surface area contributed by atoms with Crippen LogP contribution in [0.15, 0.2) is 30.6 Å². The summed E-state index contributed by atoms with van der Waals surface area (Å²) in [5.41, 5.74) is 1.41. The molecule has 2 amide bonds. The predicted octanol–water partition coefficient (Wildman–Crippen LogP) is 1.63. The van der Waals surface area contributed by atoms with Gasteiger partial charge >= 0.3 is 12.3 Å². The van der Waals surface area contributed by atoms with E-state index in [0.717, 1.165) is 5.65 Å². The number of hydrogen-bond donors (Lipinski definition) is 2. The molecule has 0 spiro atoms. The van der Waals surface area contributed by atoms with Gasteiger partial charge < -0.3 is 19.8 Å². The fraction of sp³-hybridized carbons (Fsp3) is 0.357. The second kappa shape index (κ2) is 7.66. The van der Waals surface area contributed by atoms with Gasteiger partial charge in [-0.05, 0) is 12.1 Å². The number of imidazole rings is 1. The summed E-state index contributed by atoms with van der Waals surface area (Å²) < 4.78 is 41.2. The number of rotatable bonds is 6. The number of halogens is 3. The lowest BCUT2D eigenvalue weighted by Crippen LogP contribution is -2.32. The molecule has 0 aliphatic rings. The van der Waals surface area contributed by atoms with Crippen LogP contribution in [0.25, 0.3) is 5.65 Å². The number of amides is 2. The van der Waals surface area contributed by atoms with Crippen molar-refractivity contribution >= 4 is 17.6 Å². The highest BCUT2D eigenvalue weighted by Gasteiger charge is 2.29. The lowest BCUT2D eigenvalue weighted by Gasteiger charge is -2.09. The molecule has 0 bridgehead atoms. The number of carbonyl (C=O) groups is 2. The van der Waals surface area contributed by atoms with Crippen molar-refractivity contribution in [3.8, 4) is 0 Å². The molecule has 2 aromatic heterocycles. The van der Waals surface area contributed by atoms with Gasteiger partial charge in [0, 0.05) is 25.4 Å². The third-order valence-electron chi connectivity index (χ3n) is 2.87. The molecule has 0 aromatic carbocycles. The van der Waals surface area contributed by atoms with Gasteiger partial charge in [-0.1, -0.05) is 6.07 Å². The van der Waals surface area contributed by atoms with Gasteiger partial charge in [-0.3, -0.25) is 4.79 Å². The average Bonchev–Trinajstić information content (AvgIpc) is 2.93. The van der Waals surface area contributed by atoms with Crippen LogP contribution in [-0.2, 0) is 16.1 Å². The molecule has 0 saturated heterocycles. The fourth-order valence-corrected chi connectivity index (χ4v) is 1.83. The molecule has 2 rings (SSSR count). The number of nitrogens with zero attached hydrogens (tertiary/aromatic N) is 2. The zero-order valence-corrected chi connectivity index (χ0v) is 12.5. The summed E-state index contributed by atoms with van der Waals surface area (Å²) in [6, 6.07) is 5.51. The van der Waals surface area contributed by atoms with Crippen molar-refractivity contribution in [2.75, 3.05) is 13.2 Å². The highest BCUT2D eigenvalue weighted by molar-refractivity contribution is 5.76. The standard InChI is InChI=1S/C14H15F3N4O3/c15-14(16,17)9-24-13(23)18-5-4-12(22)19-7-10-8-21-6-2-1-3-11(21)20-10/h1-3,6,8H,4-5,7,9H2,(H,18,23)(H,19,22). The Morgan fingerprint density at radius 2 is 2.04 bits per heavy atom. The Labute approximate surface area is 134 Å². The maximum Gasteiger partial charge on any atom is 0.422 e. The molecule has 0 fully saturated rings. The molecular formula is C14H15F3N4O3. The summed E-state index contributed by atoms with van der Waals surface area (Å²) >= 11 is 0. The van der Waals surface area contributed by atoms with E-state index in [2.05, 4.69) is 20.4 Å². The second-order valence-corrected chi connectivity index (χ2v) is 4.84. The number of nitrogens with one attached hydrogen (secondary N) is 2. The van der Waals surface area contributed by atoms with Crippen LogP contribution in [0, 0.1) is 0 Å². The number of pyridine rings is 1. The van der Waals surface area contributed by atoms with Gasteiger partial charge in [0.15, 0.2) is 6.61 Å². The number of ether oxygens (including phenoxy) is 1. The monoisotopic (exact) mass is 344 g/mol. The first-order valence-electron chi connectivity index (χ1n) is 7.00. The smallest absolute Gasteiger partial charge is 0.422 e. The van der Waals surface area contributed by atoms with Gasteiger partial charge in [0.25, 0.3) is 0 Å². The minimum Gasteiger partial charge on any atom is -0.440 e. The molecule has 7 nitrogen and oxygen atoms in total. The summed E-state index contributed by atoms with van der Waals surface area (Å²) in [4.78, 5) is 26.9. The van der Waals surface area contributed by atoms with E-state index in [9.17, 15) is 22.8 Å². The Balaban J connectivity index is 1.65. The SMILES string of the molecule is O=C(CCNC(=O)OCC(F)(F)F)NCc1cn2ccccc2n1. The quantitative estimate of drug-likeness (QED) is 0.834. The van der Waals surface area contributed by atoms with Crippen molar-refractivity contribution in [1.82, 2.24) is 20.0 Å². The van der Waals surface area contributed by atoms with Crippen molar-refractivity contribution < 1.29 is 27.5 Å². The highest BCUT2D eigenvalue weighted by atomic mass is 19.4. The fourth-order valence-electron chi connectivity index (χ4n) is 1.83. The highest BCUT2D eigenvalue weighted by Crippen LogP contribution is 2.14. The van der Waals surface area contributed by atoms with Gasteiger partial charge in [-0.2, -0.15) is 13.2 Å². The Bertz CT molecular complexity index is 682. The Morgan fingerprint density at radius 3 is 2.75 bits per heavy atom. The molecule has 130 valence electrons. The summed E-state index contributed by atoms with van der Waals surface area (Å²) in [6.07, 6.45) is -2.30. The van der Waals surface area contributed by atoms with Crippen molar-refractivity contribution in [2.24, 2.45) is 0 Å². The molecular weight excluding hydrogens is 329 g/mol. The van der Waals surface area contributed by atoms with Gasteiger partial charge in [0.05, 0.1) is 12.2 Å². The van der Waals surface area contributed by atoms with Gasteiger partial charge in [0.1, 0.15) is 5.65 Å². The van der Waals surface area contributed by atoms with E-state index >= 15 is 0 Å². The Morgan fingerprint density at radius 1 is 1.25 bits per heavy atom. The first-order chi connectivity index (χ1) is 11.3. The molecule has 24 heavy (non-hydrogen) atoms. The molecule has 2 heterocycles. The number of fused-ring (bicyclic) bond motifs is 1. The summed E-state index contributed by atoms with van der Waals surface area (Å²) in [5.74, 6) is -0.372. The maximum atomic E-state index is 11.8. The van der Waals surface area contributed by atoms with Crippen LogP contribution >= 0.6 is 0 Å². The van der Waals surface area contributed by atoms with Crippen molar-refractivity contribution in [1.29, 1.82) is 0 Å². The van der Waals surface area contributed by atoms with Gasteiger partial charge in [0.2, 0.25) is 5.91 Å². The third-order valence-corrected chi connectivity index (χ3v) is 2.87. The van der Waals surface area contributed by atoms with E-state index in [0.29, 0.717) is 5.69 Å². The van der Waals surface area contributed by atoms with E-state index in [1.165, 1.54) is 0 Å². The first kappa shape index (κ1) is 17.6. The van der Waals surface area contributed by atoms with Crippen LogP contribution in [0.1, 0.15) is 12.1 Å². The summed E-state index contributed by atoms with van der Waals surface area (Å²) in [5, 5.41) is 4.67. The van der Waals surface area contributed by atoms with Crippen LogP contribution in [-0.4, -0.2) is 40.7 Å². The molecule has 0 atom stereocenters. The van der Waals surface area contributed by atoms with Crippen molar-refractivity contribution in [2.45, 2.75) is 19.1 Å². The molecule has 2 aromatic rings. The third kappa shape index (κ3) is 5.78. The van der Waals surface area contributed by atoms with E-state index in [-0.39, 0.29) is 25.4 Å². The minimum absolute atomic E-state index is 0.0888. The number of carbonyl (C=O) groups excluding carboxylic acids is 2. The van der Waals surface area contributed by atoms with Crippen LogP contribution < -0.4 is 10.6 Å². The normalized spacial score (nSPS) is 11.3. The zero-order valence-electron chi connectivity index (χ0n) is 12.5. The van der Waals surface area contributed by atoms with Gasteiger partial charge in [-0.25, -0.2) is 9.78 Å². The van der Waals surface area contributed by atoms with Crippen LogP contribution in [0.2, 0.25) is 0 Å². The van der Waals surface area contributed by atoms with Crippen LogP contribution in [0.4, 0.5) is 18.0 Å². The molecule has 0 aliphatic carbocycles. The molecule has 10 heteroatoms. The number of alkyl halides is 3. The van der Waals surface area contributed by atoms with E-state index in [4.69, 9.17) is 0 Å². The second-order valence-electron chi connectivity index (χ2n) is 4.84. The Hall–Kier alpha value is -2.78. The molecule has 0 saturated carbocycles. The zero-order chi connectivity index (χ0) is 17.6. The maximum absolute atomic E-state index is 11.8. The molecule has 0 aliphatic heterocycles. The molecule has 0 unspecified atom stereocenters. The topological polar surface area (TPSA) is 84.7 Å². The average molecular weight is 344 g/mol. The minimum atomic E-state index is -4.58. The molecule has 2 N–H and O–H groups in total. The predicted molar refractivity (Wildman–Crippen MR) is 77.1 cm³/mol. The van der Waals surface area contributed by atoms with E-state index in [1.807, 2.05) is 24.4 Å². The van der Waals surface area contributed by atoms with Crippen LogP contribution in [0.5, 0.6) is 0 Å². The number of alkyl carbamates (subject to hydrolysis) is 1. The Kier molecular flexibility index (Phi) is 5.61. The van der Waals surface area contributed by atoms with E-state index < -0.39 is 18.9 Å². The molecule has 0 radical (unpaired) electrons. The van der Waals surface area contributed by atoms with Crippen molar-refractivity contribution in [3.05, 3.63) is 36.3 Å². The number of hydrogen-bond acceptors (Lipinski definition) is 4. The van der Waals surface area contributed by atoms with Crippen LogP contribution in [0.3, 0.4) is 0 Å². The number of aromatic nitrogens is 2.